The van der Waals surface area contributed by atoms with Gasteiger partial charge in [-0.2, -0.15) is 9.90 Å². The zero-order valence-electron chi connectivity index (χ0n) is 34.8. The standard InChI is InChI=1S/C41H52F2N8O9S/c1-23(2)59-34-18-32(27-13-14-31(58-5)24(3)35(27)46-34)60-26-17-30-37(53)47-41(39(55)49-61(56,57)40(4)15-16-40)19-25(41)11-9-7-6-8-10-12-28(38(54)50(30)21-26)45-36(52)29-20-44-51(48-29)22-33(42)43/h9,11,13-14,18,20,23,25-26,28,30,33H,6-8,10,12,15-17,19,21-22H2,1-5H3,(H,45,52)(H,47,53)(H,49,55)/b11-9-/t25?,26-,28+,30+,41-/m1/s1. The topological polar surface area (TPSA) is 213 Å². The Hall–Kier alpha value is -5.40. The molecule has 1 saturated heterocycles. The molecule has 20 heteroatoms. The van der Waals surface area contributed by atoms with Crippen LogP contribution in [0.15, 0.2) is 36.5 Å². The molecule has 5 atom stereocenters. The number of ether oxygens (including phenoxy) is 3. The summed E-state index contributed by atoms with van der Waals surface area (Å²) in [5, 5.41) is 13.8. The van der Waals surface area contributed by atoms with Gasteiger partial charge >= 0.3 is 0 Å². The van der Waals surface area contributed by atoms with Crippen molar-refractivity contribution in [3.05, 3.63) is 47.8 Å². The van der Waals surface area contributed by atoms with Crippen LogP contribution in [-0.2, 0) is 31.0 Å². The summed E-state index contributed by atoms with van der Waals surface area (Å²) in [5.74, 6) is -2.27. The van der Waals surface area contributed by atoms with Crippen molar-refractivity contribution in [1.82, 2.24) is 40.2 Å². The lowest BCUT2D eigenvalue weighted by atomic mass is 10.0. The summed E-state index contributed by atoms with van der Waals surface area (Å²) >= 11 is 0. The van der Waals surface area contributed by atoms with E-state index in [-0.39, 0.29) is 43.5 Å². The maximum Gasteiger partial charge on any atom is 0.274 e. The van der Waals surface area contributed by atoms with Gasteiger partial charge in [-0.15, -0.1) is 5.10 Å². The predicted molar refractivity (Wildman–Crippen MR) is 217 cm³/mol. The molecule has 2 aliphatic carbocycles. The van der Waals surface area contributed by atoms with Gasteiger partial charge in [-0.05, 0) is 78.4 Å². The average Bonchev–Trinajstić information content (AvgIpc) is 3.99. The second kappa shape index (κ2) is 17.2. The van der Waals surface area contributed by atoms with E-state index < -0.39 is 81.0 Å². The number of benzene rings is 1. The molecule has 2 saturated carbocycles. The molecule has 1 aromatic carbocycles. The van der Waals surface area contributed by atoms with Crippen LogP contribution in [0.25, 0.3) is 10.9 Å². The van der Waals surface area contributed by atoms with Crippen molar-refractivity contribution < 1.29 is 50.6 Å². The number of allylic oxidation sites excluding steroid dienone is 1. The first kappa shape index (κ1) is 43.7. The van der Waals surface area contributed by atoms with E-state index in [1.807, 2.05) is 32.9 Å². The fourth-order valence-corrected chi connectivity index (χ4v) is 9.26. The van der Waals surface area contributed by atoms with Crippen LogP contribution in [0, 0.1) is 12.8 Å². The molecule has 3 aromatic rings. The SMILES string of the molecule is COc1ccc2c(O[C@@H]3C[C@H]4C(=O)N[C@]5(C(=O)NS(=O)(=O)C6(C)CC6)CC5/C=C\CCCCC[C@H](NC(=O)c5cnn(CC(F)F)n5)C(=O)N4C3)cc(OC(C)C)nc2c1C. The fraction of sp³-hybridized carbons (Fsp3) is 0.585. The number of carbonyl (C=O) groups excluding carboxylic acids is 4. The number of amides is 4. The highest BCUT2D eigenvalue weighted by Crippen LogP contribution is 2.47. The number of pyridine rings is 1. The zero-order valence-corrected chi connectivity index (χ0v) is 35.6. The van der Waals surface area contributed by atoms with E-state index in [2.05, 4.69) is 25.6 Å². The molecule has 330 valence electrons. The molecule has 2 aromatic heterocycles. The summed E-state index contributed by atoms with van der Waals surface area (Å²) in [6.45, 7) is 6.17. The van der Waals surface area contributed by atoms with Crippen molar-refractivity contribution >= 4 is 44.6 Å². The first-order valence-electron chi connectivity index (χ1n) is 20.6. The number of nitrogens with zero attached hydrogens (tertiary/aromatic N) is 5. The lowest BCUT2D eigenvalue weighted by Gasteiger charge is -2.30. The third kappa shape index (κ3) is 9.28. The molecule has 3 fully saturated rings. The highest BCUT2D eigenvalue weighted by molar-refractivity contribution is 7.91. The van der Waals surface area contributed by atoms with Gasteiger partial charge < -0.3 is 29.7 Å². The molecule has 61 heavy (non-hydrogen) atoms. The van der Waals surface area contributed by atoms with E-state index in [9.17, 15) is 36.4 Å². The van der Waals surface area contributed by atoms with Crippen molar-refractivity contribution in [2.24, 2.45) is 5.92 Å². The molecule has 3 N–H and O–H groups in total. The summed E-state index contributed by atoms with van der Waals surface area (Å²) in [6.07, 6.45) is 4.50. The van der Waals surface area contributed by atoms with Gasteiger partial charge in [0.05, 0.1) is 36.2 Å². The predicted octanol–water partition coefficient (Wildman–Crippen LogP) is 3.74. The number of methoxy groups -OCH3 is 1. The average molecular weight is 871 g/mol. The van der Waals surface area contributed by atoms with Gasteiger partial charge in [-0.1, -0.05) is 25.0 Å². The van der Waals surface area contributed by atoms with Crippen molar-refractivity contribution in [3.8, 4) is 17.4 Å². The summed E-state index contributed by atoms with van der Waals surface area (Å²) in [6, 6.07) is 2.79. The number of hydrogen-bond acceptors (Lipinski definition) is 12. The molecule has 2 aliphatic heterocycles. The number of alkyl halides is 2. The van der Waals surface area contributed by atoms with E-state index in [0.29, 0.717) is 65.7 Å². The second-order valence-electron chi connectivity index (χ2n) is 16.8. The lowest BCUT2D eigenvalue weighted by molar-refractivity contribution is -0.141. The Labute approximate surface area is 352 Å². The molecular formula is C41H52F2N8O9S. The Kier molecular flexibility index (Phi) is 12.3. The van der Waals surface area contributed by atoms with Gasteiger partial charge in [0.1, 0.15) is 41.8 Å². The Morgan fingerprint density at radius 3 is 2.59 bits per heavy atom. The number of rotatable bonds is 12. The smallest absolute Gasteiger partial charge is 0.274 e. The monoisotopic (exact) mass is 870 g/mol. The summed E-state index contributed by atoms with van der Waals surface area (Å²) in [5.41, 5.74) is -0.587. The number of nitrogens with one attached hydrogen (secondary N) is 3. The molecule has 0 radical (unpaired) electrons. The fourth-order valence-electron chi connectivity index (χ4n) is 7.95. The number of carbonyl (C=O) groups is 4. The number of aromatic nitrogens is 4. The minimum absolute atomic E-state index is 0.0475. The van der Waals surface area contributed by atoms with Crippen molar-refractivity contribution in [2.45, 2.75) is 133 Å². The van der Waals surface area contributed by atoms with E-state index in [0.717, 1.165) is 11.8 Å². The summed E-state index contributed by atoms with van der Waals surface area (Å²) in [4.78, 5) is 63.5. The van der Waals surface area contributed by atoms with Crippen molar-refractivity contribution in [1.29, 1.82) is 0 Å². The Morgan fingerprint density at radius 2 is 1.89 bits per heavy atom. The maximum absolute atomic E-state index is 14.8. The van der Waals surface area contributed by atoms with Gasteiger partial charge in [0, 0.05) is 29.4 Å². The van der Waals surface area contributed by atoms with Crippen LogP contribution < -0.4 is 29.6 Å². The lowest BCUT2D eigenvalue weighted by Crippen LogP contribution is -2.58. The first-order valence-corrected chi connectivity index (χ1v) is 22.1. The van der Waals surface area contributed by atoms with Crippen molar-refractivity contribution in [2.75, 3.05) is 13.7 Å². The normalized spacial score (nSPS) is 25.8. The molecule has 1 unspecified atom stereocenters. The minimum atomic E-state index is -4.05. The van der Waals surface area contributed by atoms with Crippen LogP contribution in [0.2, 0.25) is 0 Å². The largest absolute Gasteiger partial charge is 0.496 e. The van der Waals surface area contributed by atoms with Gasteiger partial charge in [-0.3, -0.25) is 23.9 Å². The molecule has 0 spiro atoms. The van der Waals surface area contributed by atoms with Crippen LogP contribution in [0.3, 0.4) is 0 Å². The van der Waals surface area contributed by atoms with Crippen LogP contribution in [0.4, 0.5) is 8.78 Å². The molecule has 4 heterocycles. The summed E-state index contributed by atoms with van der Waals surface area (Å²) in [7, 11) is -2.50. The van der Waals surface area contributed by atoms with E-state index in [1.54, 1.807) is 32.2 Å². The number of aryl methyl sites for hydroxylation is 1. The van der Waals surface area contributed by atoms with Crippen LogP contribution in [0.1, 0.15) is 94.6 Å². The Balaban J connectivity index is 1.23. The van der Waals surface area contributed by atoms with Crippen LogP contribution in [0.5, 0.6) is 17.4 Å². The number of fused-ring (bicyclic) bond motifs is 3. The van der Waals surface area contributed by atoms with E-state index in [1.165, 1.54) is 4.90 Å². The van der Waals surface area contributed by atoms with Crippen LogP contribution in [-0.4, -0.2) is 112 Å². The maximum atomic E-state index is 14.8. The number of hydrogen-bond donors (Lipinski definition) is 3. The first-order chi connectivity index (χ1) is 28.9. The zero-order chi connectivity index (χ0) is 43.9. The molecule has 0 bridgehead atoms. The minimum Gasteiger partial charge on any atom is -0.496 e. The van der Waals surface area contributed by atoms with Gasteiger partial charge in [-0.25, -0.2) is 22.2 Å². The van der Waals surface area contributed by atoms with Crippen LogP contribution >= 0.6 is 0 Å². The molecule has 4 amide bonds. The Morgan fingerprint density at radius 1 is 1.11 bits per heavy atom. The van der Waals surface area contributed by atoms with E-state index >= 15 is 0 Å². The summed E-state index contributed by atoms with van der Waals surface area (Å²) < 4.78 is 71.8. The second-order valence-corrected chi connectivity index (χ2v) is 19.0. The highest BCUT2D eigenvalue weighted by Gasteiger charge is 2.63. The molecule has 4 aliphatic rings. The quantitative estimate of drug-likeness (QED) is 0.222. The van der Waals surface area contributed by atoms with Crippen molar-refractivity contribution in [3.63, 3.8) is 0 Å². The van der Waals surface area contributed by atoms with Gasteiger partial charge in [0.25, 0.3) is 18.2 Å². The number of halogens is 2. The molecular weight excluding hydrogens is 819 g/mol. The van der Waals surface area contributed by atoms with Gasteiger partial charge in [0.2, 0.25) is 27.7 Å². The number of sulfonamides is 1. The molecule has 7 rings (SSSR count). The third-order valence-electron chi connectivity index (χ3n) is 11.8. The Bertz CT molecular complexity index is 2340. The van der Waals surface area contributed by atoms with Gasteiger partial charge in [0.15, 0.2) is 5.69 Å². The molecule has 17 nitrogen and oxygen atoms in total. The highest BCUT2D eigenvalue weighted by atomic mass is 32.2. The van der Waals surface area contributed by atoms with E-state index in [4.69, 9.17) is 19.2 Å². The third-order valence-corrected chi connectivity index (χ3v) is 14.0.